The van der Waals surface area contributed by atoms with Gasteiger partial charge in [0.05, 0.1) is 0 Å². The number of aliphatic hydroxyl groups excluding tert-OH is 1. The van der Waals surface area contributed by atoms with Crippen LogP contribution < -0.4 is 16.0 Å². The number of dihydropyridines is 1. The van der Waals surface area contributed by atoms with E-state index >= 15 is 0 Å². The summed E-state index contributed by atoms with van der Waals surface area (Å²) < 4.78 is 0. The van der Waals surface area contributed by atoms with Gasteiger partial charge >= 0.3 is 0 Å². The number of nitrogens with one attached hydrogen (secondary N) is 3. The van der Waals surface area contributed by atoms with Crippen LogP contribution in [0.2, 0.25) is 0 Å². The Balaban J connectivity index is 2.84. The summed E-state index contributed by atoms with van der Waals surface area (Å²) >= 11 is 0. The summed E-state index contributed by atoms with van der Waals surface area (Å²) in [5.74, 6) is 0.0678. The number of hydrogen-bond acceptors (Lipinski definition) is 4. The number of hydrogen-bond donors (Lipinski definition) is 4. The minimum atomic E-state index is -0.336. The third-order valence-electron chi connectivity index (χ3n) is 3.51. The van der Waals surface area contributed by atoms with Crippen LogP contribution in [0.1, 0.15) is 13.8 Å². The Hall–Kier alpha value is -2.88. The van der Waals surface area contributed by atoms with Gasteiger partial charge in [-0.05, 0) is 49.9 Å². The lowest BCUT2D eigenvalue weighted by Crippen LogP contribution is -2.40. The fourth-order valence-electron chi connectivity index (χ4n) is 2.25. The topological polar surface area (TPSA) is 56.3 Å². The molecule has 2 unspecified atom stereocenters. The highest BCUT2D eigenvalue weighted by molar-refractivity contribution is 5.37. The molecular weight excluding hydrogens is 298 g/mol. The molecule has 0 aromatic carbocycles. The molecule has 0 aromatic rings. The van der Waals surface area contributed by atoms with Crippen molar-refractivity contribution in [1.82, 2.24) is 16.0 Å². The normalized spacial score (nSPS) is 18.3. The molecule has 128 valence electrons. The van der Waals surface area contributed by atoms with Crippen LogP contribution in [0.25, 0.3) is 0 Å². The molecule has 4 N–H and O–H groups in total. The number of aliphatic hydroxyl groups is 1. The van der Waals surface area contributed by atoms with Gasteiger partial charge in [0.25, 0.3) is 0 Å². The largest absolute Gasteiger partial charge is 0.510 e. The van der Waals surface area contributed by atoms with Crippen molar-refractivity contribution >= 4 is 0 Å². The van der Waals surface area contributed by atoms with Gasteiger partial charge in [-0.15, -0.1) is 0 Å². The summed E-state index contributed by atoms with van der Waals surface area (Å²) in [7, 11) is 0. The van der Waals surface area contributed by atoms with Gasteiger partial charge in [-0.25, -0.2) is 0 Å². The quantitative estimate of drug-likeness (QED) is 0.386. The third kappa shape index (κ3) is 5.72. The third-order valence-corrected chi connectivity index (χ3v) is 3.51. The van der Waals surface area contributed by atoms with E-state index in [1.54, 1.807) is 18.5 Å². The van der Waals surface area contributed by atoms with E-state index in [2.05, 4.69) is 42.3 Å². The smallest absolute Gasteiger partial charge is 0.123 e. The molecule has 1 aliphatic heterocycles. The van der Waals surface area contributed by atoms with Crippen molar-refractivity contribution in [3.8, 4) is 0 Å². The van der Waals surface area contributed by atoms with Gasteiger partial charge in [0.15, 0.2) is 0 Å². The van der Waals surface area contributed by atoms with E-state index in [0.29, 0.717) is 0 Å². The lowest BCUT2D eigenvalue weighted by atomic mass is 10.00. The minimum absolute atomic E-state index is 0.0103. The Bertz CT molecular complexity index is 635. The molecule has 0 amide bonds. The van der Waals surface area contributed by atoms with E-state index in [1.807, 2.05) is 38.2 Å². The van der Waals surface area contributed by atoms with Crippen molar-refractivity contribution in [1.29, 1.82) is 0 Å². The van der Waals surface area contributed by atoms with Crippen LogP contribution in [0.4, 0.5) is 0 Å². The molecule has 4 nitrogen and oxygen atoms in total. The average molecular weight is 325 g/mol. The molecular formula is C20H27N3O. The van der Waals surface area contributed by atoms with Crippen LogP contribution in [-0.2, 0) is 0 Å². The van der Waals surface area contributed by atoms with Gasteiger partial charge in [0.2, 0.25) is 0 Å². The van der Waals surface area contributed by atoms with Crippen molar-refractivity contribution in [3.63, 3.8) is 0 Å². The first-order chi connectivity index (χ1) is 11.4. The second kappa shape index (κ2) is 9.30. The second-order valence-corrected chi connectivity index (χ2v) is 5.57. The summed E-state index contributed by atoms with van der Waals surface area (Å²) in [5, 5.41) is 19.2. The molecule has 0 fully saturated rings. The Morgan fingerprint density at radius 1 is 1.38 bits per heavy atom. The molecule has 0 aliphatic carbocycles. The van der Waals surface area contributed by atoms with Crippen molar-refractivity contribution in [3.05, 3.63) is 97.4 Å². The zero-order chi connectivity index (χ0) is 18.1. The van der Waals surface area contributed by atoms with Crippen molar-refractivity contribution < 1.29 is 5.11 Å². The molecule has 1 rings (SSSR count). The van der Waals surface area contributed by atoms with Crippen LogP contribution >= 0.6 is 0 Å². The van der Waals surface area contributed by atoms with Crippen LogP contribution in [0.15, 0.2) is 97.4 Å². The average Bonchev–Trinajstić information content (AvgIpc) is 2.54. The fraction of sp³-hybridized carbons (Fsp3) is 0.200. The highest BCUT2D eigenvalue weighted by Gasteiger charge is 2.20. The summed E-state index contributed by atoms with van der Waals surface area (Å²) in [6, 6.07) is -0.326. The monoisotopic (exact) mass is 325 g/mol. The molecule has 1 aliphatic rings. The molecule has 0 aromatic heterocycles. The first kappa shape index (κ1) is 19.2. The summed E-state index contributed by atoms with van der Waals surface area (Å²) in [6.45, 7) is 19.1. The standard InChI is InChI=1S/C20H27N3O/c1-7-15(4)21-12-8-10-18(14(2)3)16(5)23-19-11-9-13-22-20(19)17(6)24/h7-13,16,20-24H,1-2,4,6H2,3,5H3/b12-8-,18-10+. The minimum Gasteiger partial charge on any atom is -0.510 e. The van der Waals surface area contributed by atoms with Gasteiger partial charge in [0, 0.05) is 23.6 Å². The Morgan fingerprint density at radius 2 is 2.08 bits per heavy atom. The fourth-order valence-corrected chi connectivity index (χ4v) is 2.25. The SMILES string of the molecule is C=CC(=C)N/C=C\C=C(/C(=C)C)C(C)NC1=CC=CNC1C(=C)O. The lowest BCUT2D eigenvalue weighted by Gasteiger charge is -2.28. The maximum Gasteiger partial charge on any atom is 0.123 e. The maximum absolute atomic E-state index is 9.72. The van der Waals surface area contributed by atoms with Gasteiger partial charge < -0.3 is 21.1 Å². The van der Waals surface area contributed by atoms with Crippen LogP contribution in [-0.4, -0.2) is 17.2 Å². The Kier molecular flexibility index (Phi) is 7.43. The van der Waals surface area contributed by atoms with Gasteiger partial charge in [0.1, 0.15) is 11.8 Å². The van der Waals surface area contributed by atoms with Crippen LogP contribution in [0.5, 0.6) is 0 Å². The summed E-state index contributed by atoms with van der Waals surface area (Å²) in [6.07, 6.45) is 12.9. The van der Waals surface area contributed by atoms with E-state index in [9.17, 15) is 5.11 Å². The Morgan fingerprint density at radius 3 is 2.67 bits per heavy atom. The van der Waals surface area contributed by atoms with Gasteiger partial charge in [-0.3, -0.25) is 0 Å². The first-order valence-electron chi connectivity index (χ1n) is 7.74. The molecule has 4 heteroatoms. The van der Waals surface area contributed by atoms with Crippen LogP contribution in [0, 0.1) is 0 Å². The van der Waals surface area contributed by atoms with Gasteiger partial charge in [-0.2, -0.15) is 0 Å². The number of rotatable bonds is 9. The van der Waals surface area contributed by atoms with E-state index in [1.165, 1.54) is 0 Å². The zero-order valence-corrected chi connectivity index (χ0v) is 14.5. The molecule has 0 bridgehead atoms. The predicted molar refractivity (Wildman–Crippen MR) is 103 cm³/mol. The van der Waals surface area contributed by atoms with E-state index in [0.717, 1.165) is 22.5 Å². The molecule has 24 heavy (non-hydrogen) atoms. The van der Waals surface area contributed by atoms with Gasteiger partial charge in [-0.1, -0.05) is 38.0 Å². The predicted octanol–water partition coefficient (Wildman–Crippen LogP) is 3.71. The summed E-state index contributed by atoms with van der Waals surface area (Å²) in [5.41, 5.74) is 3.60. The van der Waals surface area contributed by atoms with Crippen molar-refractivity contribution in [2.45, 2.75) is 25.9 Å². The second-order valence-electron chi connectivity index (χ2n) is 5.57. The van der Waals surface area contributed by atoms with E-state index in [-0.39, 0.29) is 17.8 Å². The van der Waals surface area contributed by atoms with Crippen LogP contribution in [0.3, 0.4) is 0 Å². The number of allylic oxidation sites excluding steroid dienone is 5. The molecule has 0 saturated heterocycles. The first-order valence-corrected chi connectivity index (χ1v) is 7.74. The maximum atomic E-state index is 9.72. The lowest BCUT2D eigenvalue weighted by molar-refractivity contribution is 0.362. The molecule has 2 atom stereocenters. The van der Waals surface area contributed by atoms with E-state index in [4.69, 9.17) is 0 Å². The molecule has 0 spiro atoms. The highest BCUT2D eigenvalue weighted by Crippen LogP contribution is 2.17. The summed E-state index contributed by atoms with van der Waals surface area (Å²) in [4.78, 5) is 0. The Labute approximate surface area is 145 Å². The molecule has 0 radical (unpaired) electrons. The molecule has 1 heterocycles. The molecule has 0 saturated carbocycles. The van der Waals surface area contributed by atoms with Crippen molar-refractivity contribution in [2.75, 3.05) is 0 Å². The zero-order valence-electron chi connectivity index (χ0n) is 14.5. The van der Waals surface area contributed by atoms with Crippen molar-refractivity contribution in [2.24, 2.45) is 0 Å². The highest BCUT2D eigenvalue weighted by atomic mass is 16.3. The van der Waals surface area contributed by atoms with E-state index < -0.39 is 0 Å².